The van der Waals surface area contributed by atoms with Gasteiger partial charge in [-0.15, -0.1) is 0 Å². The summed E-state index contributed by atoms with van der Waals surface area (Å²) in [6.45, 7) is 4.04. The Hall–Kier alpha value is -0.820. The molecule has 0 saturated carbocycles. The third kappa shape index (κ3) is 2.19. The maximum absolute atomic E-state index is 3.23. The van der Waals surface area contributed by atoms with E-state index in [-0.39, 0.29) is 0 Å². The van der Waals surface area contributed by atoms with Crippen LogP contribution in [0.2, 0.25) is 0 Å². The summed E-state index contributed by atoms with van der Waals surface area (Å²) >= 11 is 0. The fraction of sp³-hybridized carbons (Fsp3) is 0.333. The zero-order valence-corrected chi connectivity index (χ0v) is 6.22. The summed E-state index contributed by atoms with van der Waals surface area (Å²) in [6.07, 6.45) is 0. The van der Waals surface area contributed by atoms with E-state index in [0.29, 0.717) is 0 Å². The highest BCUT2D eigenvalue weighted by atomic mass is 14.8. The van der Waals surface area contributed by atoms with Crippen LogP contribution in [0.3, 0.4) is 0 Å². The first-order chi connectivity index (χ1) is 4.93. The number of hydrogen-bond acceptors (Lipinski definition) is 1. The maximum Gasteiger partial charge on any atom is 0.0211 e. The molecule has 1 heteroatoms. The van der Waals surface area contributed by atoms with E-state index < -0.39 is 0 Å². The van der Waals surface area contributed by atoms with Crippen LogP contribution in [0.4, 0.5) is 0 Å². The summed E-state index contributed by atoms with van der Waals surface area (Å²) in [7, 11) is 0. The Morgan fingerprint density at radius 2 is 2.40 bits per heavy atom. The largest absolute Gasteiger partial charge is 0.313 e. The normalized spacial score (nSPS) is 9.70. The molecule has 0 aromatic heterocycles. The van der Waals surface area contributed by atoms with Gasteiger partial charge >= 0.3 is 0 Å². The van der Waals surface area contributed by atoms with Crippen molar-refractivity contribution in [3.8, 4) is 0 Å². The van der Waals surface area contributed by atoms with Crippen LogP contribution in [-0.2, 0) is 6.54 Å². The first-order valence-corrected chi connectivity index (χ1v) is 3.60. The average Bonchev–Trinajstić information content (AvgIpc) is 2.03. The molecule has 0 saturated heterocycles. The van der Waals surface area contributed by atoms with Crippen LogP contribution in [0.15, 0.2) is 24.3 Å². The lowest BCUT2D eigenvalue weighted by Crippen LogP contribution is -2.11. The molecule has 1 rings (SSSR count). The minimum atomic E-state index is 0.928. The molecule has 53 valence electrons. The van der Waals surface area contributed by atoms with E-state index in [0.717, 1.165) is 13.1 Å². The number of hydrogen-bond donors (Lipinski definition) is 1. The zero-order chi connectivity index (χ0) is 7.23. The van der Waals surface area contributed by atoms with E-state index in [1.54, 1.807) is 0 Å². The van der Waals surface area contributed by atoms with Gasteiger partial charge in [-0.05, 0) is 18.2 Å². The van der Waals surface area contributed by atoms with Crippen molar-refractivity contribution in [3.63, 3.8) is 0 Å². The maximum atomic E-state index is 3.23. The van der Waals surface area contributed by atoms with Gasteiger partial charge in [0.2, 0.25) is 0 Å². The predicted molar refractivity (Wildman–Crippen MR) is 42.7 cm³/mol. The van der Waals surface area contributed by atoms with Crippen LogP contribution in [0.25, 0.3) is 0 Å². The fourth-order valence-electron chi connectivity index (χ4n) is 0.800. The van der Waals surface area contributed by atoms with Crippen molar-refractivity contribution in [2.45, 2.75) is 13.5 Å². The molecule has 0 bridgehead atoms. The molecule has 10 heavy (non-hydrogen) atoms. The van der Waals surface area contributed by atoms with Crippen LogP contribution < -0.4 is 5.32 Å². The Morgan fingerprint density at radius 3 is 3.00 bits per heavy atom. The Morgan fingerprint density at radius 1 is 1.50 bits per heavy atom. The second-order valence-electron chi connectivity index (χ2n) is 2.17. The topological polar surface area (TPSA) is 12.0 Å². The van der Waals surface area contributed by atoms with E-state index in [1.165, 1.54) is 5.56 Å². The minimum absolute atomic E-state index is 0.928. The van der Waals surface area contributed by atoms with Gasteiger partial charge < -0.3 is 5.32 Å². The molecule has 1 aromatic rings. The molecule has 1 nitrogen and oxygen atoms in total. The van der Waals surface area contributed by atoms with E-state index in [1.807, 2.05) is 18.2 Å². The molecule has 1 radical (unpaired) electrons. The molecule has 0 fully saturated rings. The van der Waals surface area contributed by atoms with Gasteiger partial charge in [0.1, 0.15) is 0 Å². The molecule has 0 amide bonds. The van der Waals surface area contributed by atoms with Crippen molar-refractivity contribution in [1.29, 1.82) is 0 Å². The highest BCUT2D eigenvalue weighted by molar-refractivity contribution is 5.12. The molecule has 0 spiro atoms. The van der Waals surface area contributed by atoms with Crippen molar-refractivity contribution in [2.75, 3.05) is 6.54 Å². The molecular weight excluding hydrogens is 122 g/mol. The van der Waals surface area contributed by atoms with Gasteiger partial charge in [0.15, 0.2) is 0 Å². The van der Waals surface area contributed by atoms with Crippen molar-refractivity contribution in [2.24, 2.45) is 0 Å². The monoisotopic (exact) mass is 134 g/mol. The van der Waals surface area contributed by atoms with Crippen molar-refractivity contribution >= 4 is 0 Å². The average molecular weight is 134 g/mol. The van der Waals surface area contributed by atoms with Crippen LogP contribution in [0.5, 0.6) is 0 Å². The lowest BCUT2D eigenvalue weighted by Gasteiger charge is -1.98. The van der Waals surface area contributed by atoms with Crippen molar-refractivity contribution in [3.05, 3.63) is 35.9 Å². The summed E-state index contributed by atoms with van der Waals surface area (Å²) < 4.78 is 0. The van der Waals surface area contributed by atoms with E-state index in [2.05, 4.69) is 24.4 Å². The number of benzene rings is 1. The third-order valence-corrected chi connectivity index (χ3v) is 1.34. The quantitative estimate of drug-likeness (QED) is 0.662. The summed E-state index contributed by atoms with van der Waals surface area (Å²) in [5.41, 5.74) is 1.23. The zero-order valence-electron chi connectivity index (χ0n) is 6.22. The van der Waals surface area contributed by atoms with Gasteiger partial charge in [0.05, 0.1) is 0 Å². The summed E-state index contributed by atoms with van der Waals surface area (Å²) in [4.78, 5) is 0. The van der Waals surface area contributed by atoms with Crippen LogP contribution in [0.1, 0.15) is 12.5 Å². The number of rotatable bonds is 3. The molecule has 0 aliphatic carbocycles. The molecular formula is C9H12N. The highest BCUT2D eigenvalue weighted by Gasteiger charge is 1.86. The van der Waals surface area contributed by atoms with E-state index in [4.69, 9.17) is 0 Å². The standard InChI is InChI=1S/C9H12N/c1-2-10-8-9-6-4-3-5-7-9/h3-6,10H,2,8H2,1H3. The van der Waals surface area contributed by atoms with Crippen molar-refractivity contribution < 1.29 is 0 Å². The minimum Gasteiger partial charge on any atom is -0.313 e. The molecule has 1 aromatic carbocycles. The Kier molecular flexibility index (Phi) is 2.97. The molecule has 1 N–H and O–H groups in total. The SMILES string of the molecule is CCNCc1[c]cccc1. The lowest BCUT2D eigenvalue weighted by atomic mass is 10.2. The second kappa shape index (κ2) is 4.07. The molecule has 0 aliphatic rings. The van der Waals surface area contributed by atoms with Crippen LogP contribution in [-0.4, -0.2) is 6.54 Å². The van der Waals surface area contributed by atoms with Crippen LogP contribution in [0, 0.1) is 6.07 Å². The first-order valence-electron chi connectivity index (χ1n) is 3.60. The van der Waals surface area contributed by atoms with Gasteiger partial charge in [-0.1, -0.05) is 31.2 Å². The fourth-order valence-corrected chi connectivity index (χ4v) is 0.800. The van der Waals surface area contributed by atoms with E-state index >= 15 is 0 Å². The number of nitrogens with one attached hydrogen (secondary N) is 1. The summed E-state index contributed by atoms with van der Waals surface area (Å²) in [5, 5.41) is 3.23. The highest BCUT2D eigenvalue weighted by Crippen LogP contribution is 1.95. The smallest absolute Gasteiger partial charge is 0.0211 e. The lowest BCUT2D eigenvalue weighted by molar-refractivity contribution is 0.726. The van der Waals surface area contributed by atoms with Crippen LogP contribution >= 0.6 is 0 Å². The van der Waals surface area contributed by atoms with E-state index in [9.17, 15) is 0 Å². The molecule has 0 unspecified atom stereocenters. The Labute approximate surface area is 62.1 Å². The third-order valence-electron chi connectivity index (χ3n) is 1.34. The molecule has 0 heterocycles. The molecule has 0 atom stereocenters. The van der Waals surface area contributed by atoms with Crippen molar-refractivity contribution in [1.82, 2.24) is 5.32 Å². The van der Waals surface area contributed by atoms with Gasteiger partial charge in [-0.25, -0.2) is 0 Å². The van der Waals surface area contributed by atoms with Gasteiger partial charge in [0.25, 0.3) is 0 Å². The molecule has 0 aliphatic heterocycles. The summed E-state index contributed by atoms with van der Waals surface area (Å²) in [5.74, 6) is 0. The summed E-state index contributed by atoms with van der Waals surface area (Å²) in [6, 6.07) is 11.2. The van der Waals surface area contributed by atoms with Gasteiger partial charge in [0, 0.05) is 6.54 Å². The predicted octanol–water partition coefficient (Wildman–Crippen LogP) is 1.60. The Bertz CT molecular complexity index is 169. The van der Waals surface area contributed by atoms with Gasteiger partial charge in [-0.2, -0.15) is 0 Å². The van der Waals surface area contributed by atoms with Gasteiger partial charge in [-0.3, -0.25) is 0 Å². The second-order valence-corrected chi connectivity index (χ2v) is 2.17. The Balaban J connectivity index is 2.43. The first kappa shape index (κ1) is 7.29.